The Morgan fingerprint density at radius 1 is 0.684 bits per heavy atom. The van der Waals surface area contributed by atoms with Gasteiger partial charge in [-0.1, -0.05) is 54.6 Å². The van der Waals surface area contributed by atoms with Crippen LogP contribution in [0.4, 0.5) is 0 Å². The Bertz CT molecular complexity index is 841. The Hall–Kier alpha value is -2.54. The molecule has 90 valence electrons. The highest BCUT2D eigenvalue weighted by Gasteiger charge is 2.09. The van der Waals surface area contributed by atoms with E-state index in [1.807, 2.05) is 12.2 Å². The lowest BCUT2D eigenvalue weighted by molar-refractivity contribution is 0.487. The fourth-order valence-electron chi connectivity index (χ4n) is 2.65. The Morgan fingerprint density at radius 2 is 1.58 bits per heavy atom. The van der Waals surface area contributed by atoms with Crippen molar-refractivity contribution in [1.29, 1.82) is 0 Å². The van der Waals surface area contributed by atoms with E-state index in [4.69, 9.17) is 4.74 Å². The van der Waals surface area contributed by atoms with Crippen molar-refractivity contribution in [3.05, 3.63) is 72.5 Å². The first kappa shape index (κ1) is 10.4. The third-order valence-electron chi connectivity index (χ3n) is 3.56. The fraction of sp³-hybridized carbons (Fsp3) is 0. The topological polar surface area (TPSA) is 9.23 Å². The number of hydrogen-bond acceptors (Lipinski definition) is 1. The maximum atomic E-state index is 5.77. The molecule has 1 aliphatic rings. The Balaban J connectivity index is 2.16. The summed E-state index contributed by atoms with van der Waals surface area (Å²) >= 11 is 0. The molecule has 3 aromatic carbocycles. The van der Waals surface area contributed by atoms with E-state index in [0.29, 0.717) is 0 Å². The van der Waals surface area contributed by atoms with Crippen molar-refractivity contribution in [2.24, 2.45) is 0 Å². The second kappa shape index (κ2) is 3.99. The van der Waals surface area contributed by atoms with Crippen LogP contribution in [0.3, 0.4) is 0 Å². The molecule has 1 aliphatic heterocycles. The monoisotopic (exact) mass is 244 g/mol. The van der Waals surface area contributed by atoms with Crippen molar-refractivity contribution < 1.29 is 4.74 Å². The number of allylic oxidation sites excluding steroid dienone is 2. The van der Waals surface area contributed by atoms with Crippen LogP contribution < -0.4 is 4.74 Å². The van der Waals surface area contributed by atoms with E-state index in [1.165, 1.54) is 16.2 Å². The van der Waals surface area contributed by atoms with Gasteiger partial charge in [-0.25, -0.2) is 0 Å². The summed E-state index contributed by atoms with van der Waals surface area (Å²) in [6, 6.07) is 17.0. The number of ether oxygens (including phenoxy) is 1. The average Bonchev–Trinajstić information content (AvgIpc) is 2.72. The molecule has 0 unspecified atom stereocenters. The third kappa shape index (κ3) is 1.55. The summed E-state index contributed by atoms with van der Waals surface area (Å²) in [5, 5.41) is 4.92. The van der Waals surface area contributed by atoms with Gasteiger partial charge in [0.1, 0.15) is 5.75 Å². The van der Waals surface area contributed by atoms with Crippen LogP contribution in [-0.4, -0.2) is 0 Å². The summed E-state index contributed by atoms with van der Waals surface area (Å²) in [5.41, 5.74) is 1.12. The number of benzene rings is 3. The number of rotatable bonds is 0. The standard InChI is InChI=1S/C18H12O/c1-2-7-15-13(5-1)8-11-17-16(15)10-9-14-6-3-4-12-19-18(14)17/h1-12H. The minimum atomic E-state index is 0.938. The van der Waals surface area contributed by atoms with Crippen LogP contribution in [0, 0.1) is 0 Å². The van der Waals surface area contributed by atoms with Crippen molar-refractivity contribution >= 4 is 27.6 Å². The van der Waals surface area contributed by atoms with E-state index in [0.717, 1.165) is 16.7 Å². The molecular weight excluding hydrogens is 232 g/mol. The van der Waals surface area contributed by atoms with Gasteiger partial charge in [0.2, 0.25) is 0 Å². The van der Waals surface area contributed by atoms with Gasteiger partial charge in [0.15, 0.2) is 0 Å². The lowest BCUT2D eigenvalue weighted by Crippen LogP contribution is -1.88. The normalized spacial score (nSPS) is 13.3. The molecule has 0 aromatic heterocycles. The summed E-state index contributed by atoms with van der Waals surface area (Å²) < 4.78 is 5.77. The fourth-order valence-corrected chi connectivity index (χ4v) is 2.65. The minimum absolute atomic E-state index is 0.938. The highest BCUT2D eigenvalue weighted by atomic mass is 16.5. The molecule has 0 N–H and O–H groups in total. The highest BCUT2D eigenvalue weighted by molar-refractivity contribution is 6.10. The first-order valence-corrected chi connectivity index (χ1v) is 6.38. The molecule has 0 spiro atoms. The van der Waals surface area contributed by atoms with Crippen molar-refractivity contribution in [2.75, 3.05) is 0 Å². The van der Waals surface area contributed by atoms with E-state index in [-0.39, 0.29) is 0 Å². The van der Waals surface area contributed by atoms with Crippen molar-refractivity contribution in [3.63, 3.8) is 0 Å². The molecule has 1 nitrogen and oxygen atoms in total. The van der Waals surface area contributed by atoms with E-state index < -0.39 is 0 Å². The predicted octanol–water partition coefficient (Wildman–Crippen LogP) is 4.91. The summed E-state index contributed by atoms with van der Waals surface area (Å²) in [6.07, 6.45) is 7.72. The summed E-state index contributed by atoms with van der Waals surface area (Å²) in [5.74, 6) is 0.938. The summed E-state index contributed by atoms with van der Waals surface area (Å²) in [6.45, 7) is 0. The van der Waals surface area contributed by atoms with Crippen LogP contribution in [0.1, 0.15) is 5.56 Å². The molecular formula is C18H12O. The van der Waals surface area contributed by atoms with Crippen LogP contribution in [-0.2, 0) is 0 Å². The first-order valence-electron chi connectivity index (χ1n) is 6.38. The molecule has 19 heavy (non-hydrogen) atoms. The molecule has 0 bridgehead atoms. The molecule has 0 radical (unpaired) electrons. The summed E-state index contributed by atoms with van der Waals surface area (Å²) in [4.78, 5) is 0. The molecule has 4 rings (SSSR count). The molecule has 0 amide bonds. The number of fused-ring (bicyclic) bond motifs is 5. The van der Waals surface area contributed by atoms with Crippen molar-refractivity contribution in [2.45, 2.75) is 0 Å². The van der Waals surface area contributed by atoms with Gasteiger partial charge in [0.05, 0.1) is 6.26 Å². The smallest absolute Gasteiger partial charge is 0.141 e. The molecule has 0 saturated heterocycles. The Labute approximate surface area is 111 Å². The molecule has 1 heteroatoms. The van der Waals surface area contributed by atoms with Crippen molar-refractivity contribution in [1.82, 2.24) is 0 Å². The largest absolute Gasteiger partial charge is 0.464 e. The summed E-state index contributed by atoms with van der Waals surface area (Å²) in [7, 11) is 0. The predicted molar refractivity (Wildman–Crippen MR) is 80.3 cm³/mol. The SMILES string of the molecule is C1=COc2c(ccc3c2ccc2ccccc23)C=C1. The molecule has 1 heterocycles. The first-order chi connectivity index (χ1) is 9.43. The average molecular weight is 244 g/mol. The lowest BCUT2D eigenvalue weighted by Gasteiger charge is -2.10. The Kier molecular flexibility index (Phi) is 2.18. The second-order valence-corrected chi connectivity index (χ2v) is 4.67. The zero-order valence-electron chi connectivity index (χ0n) is 10.3. The van der Waals surface area contributed by atoms with Gasteiger partial charge >= 0.3 is 0 Å². The van der Waals surface area contributed by atoms with Gasteiger partial charge in [0.25, 0.3) is 0 Å². The van der Waals surface area contributed by atoms with Gasteiger partial charge in [0, 0.05) is 10.9 Å². The van der Waals surface area contributed by atoms with Crippen LogP contribution >= 0.6 is 0 Å². The van der Waals surface area contributed by atoms with Crippen LogP contribution in [0.25, 0.3) is 27.6 Å². The zero-order chi connectivity index (χ0) is 12.7. The van der Waals surface area contributed by atoms with Gasteiger partial charge in [-0.15, -0.1) is 0 Å². The molecule has 0 atom stereocenters. The van der Waals surface area contributed by atoms with Crippen LogP contribution in [0.5, 0.6) is 5.75 Å². The van der Waals surface area contributed by atoms with Gasteiger partial charge in [-0.3, -0.25) is 0 Å². The van der Waals surface area contributed by atoms with Gasteiger partial charge in [-0.05, 0) is 28.3 Å². The van der Waals surface area contributed by atoms with E-state index in [9.17, 15) is 0 Å². The quantitative estimate of drug-likeness (QED) is 0.510. The second-order valence-electron chi connectivity index (χ2n) is 4.67. The molecule has 0 aliphatic carbocycles. The molecule has 3 aromatic rings. The Morgan fingerprint density at radius 3 is 2.58 bits per heavy atom. The zero-order valence-corrected chi connectivity index (χ0v) is 10.3. The van der Waals surface area contributed by atoms with Gasteiger partial charge < -0.3 is 4.74 Å². The maximum Gasteiger partial charge on any atom is 0.141 e. The van der Waals surface area contributed by atoms with E-state index in [2.05, 4.69) is 54.6 Å². The van der Waals surface area contributed by atoms with Gasteiger partial charge in [-0.2, -0.15) is 0 Å². The van der Waals surface area contributed by atoms with E-state index >= 15 is 0 Å². The molecule has 0 saturated carbocycles. The number of hydrogen-bond donors (Lipinski definition) is 0. The van der Waals surface area contributed by atoms with Crippen LogP contribution in [0.15, 0.2) is 66.9 Å². The molecule has 0 fully saturated rings. The van der Waals surface area contributed by atoms with Crippen LogP contribution in [0.2, 0.25) is 0 Å². The van der Waals surface area contributed by atoms with Crippen molar-refractivity contribution in [3.8, 4) is 5.75 Å². The van der Waals surface area contributed by atoms with E-state index in [1.54, 1.807) is 6.26 Å². The third-order valence-corrected chi connectivity index (χ3v) is 3.56. The lowest BCUT2D eigenvalue weighted by atomic mass is 9.99. The maximum absolute atomic E-state index is 5.77. The highest BCUT2D eigenvalue weighted by Crippen LogP contribution is 2.35. The minimum Gasteiger partial charge on any atom is -0.464 e.